The molecule has 20 heavy (non-hydrogen) atoms. The van der Waals surface area contributed by atoms with Gasteiger partial charge in [0.15, 0.2) is 0 Å². The number of morpholine rings is 1. The lowest BCUT2D eigenvalue weighted by Gasteiger charge is -2.35. The van der Waals surface area contributed by atoms with Crippen LogP contribution in [0.5, 0.6) is 0 Å². The fraction of sp³-hybridized carbons (Fsp3) is 0.467. The van der Waals surface area contributed by atoms with Gasteiger partial charge >= 0.3 is 0 Å². The highest BCUT2D eigenvalue weighted by molar-refractivity contribution is 9.10. The number of ether oxygens (including phenoxy) is 1. The van der Waals surface area contributed by atoms with Crippen LogP contribution in [0.3, 0.4) is 0 Å². The molecule has 2 atom stereocenters. The van der Waals surface area contributed by atoms with Crippen LogP contribution in [0.1, 0.15) is 18.7 Å². The van der Waals surface area contributed by atoms with Crippen LogP contribution in [0.15, 0.2) is 33.2 Å². The molecule has 1 saturated heterocycles. The van der Waals surface area contributed by atoms with Crippen LogP contribution < -0.4 is 5.73 Å². The van der Waals surface area contributed by atoms with E-state index in [4.69, 9.17) is 14.9 Å². The lowest BCUT2D eigenvalue weighted by Crippen LogP contribution is -2.46. The molecule has 0 bridgehead atoms. The summed E-state index contributed by atoms with van der Waals surface area (Å²) in [4.78, 5) is 2.37. The van der Waals surface area contributed by atoms with Gasteiger partial charge in [-0.3, -0.25) is 4.90 Å². The predicted molar refractivity (Wildman–Crippen MR) is 82.7 cm³/mol. The second kappa shape index (κ2) is 5.85. The number of benzene rings is 1. The van der Waals surface area contributed by atoms with E-state index in [9.17, 15) is 0 Å². The van der Waals surface area contributed by atoms with Gasteiger partial charge in [0, 0.05) is 29.5 Å². The largest absolute Gasteiger partial charge is 0.459 e. The summed E-state index contributed by atoms with van der Waals surface area (Å²) in [7, 11) is 0. The Labute approximate surface area is 127 Å². The zero-order chi connectivity index (χ0) is 14.1. The molecule has 3 rings (SSSR count). The van der Waals surface area contributed by atoms with Crippen molar-refractivity contribution in [1.29, 1.82) is 0 Å². The molecule has 0 saturated carbocycles. The zero-order valence-corrected chi connectivity index (χ0v) is 13.1. The monoisotopic (exact) mass is 338 g/mol. The minimum absolute atomic E-state index is 0.129. The van der Waals surface area contributed by atoms with Crippen molar-refractivity contribution < 1.29 is 9.15 Å². The molecular formula is C15H19BrN2O2. The maximum absolute atomic E-state index is 5.97. The number of furan rings is 1. The molecule has 2 unspecified atom stereocenters. The van der Waals surface area contributed by atoms with E-state index in [0.717, 1.165) is 40.9 Å². The highest BCUT2D eigenvalue weighted by Gasteiger charge is 2.26. The second-order valence-electron chi connectivity index (χ2n) is 5.23. The normalized spacial score (nSPS) is 22.2. The number of fused-ring (bicyclic) bond motifs is 1. The van der Waals surface area contributed by atoms with Crippen molar-refractivity contribution in [2.45, 2.75) is 19.1 Å². The first-order valence-corrected chi connectivity index (χ1v) is 7.71. The summed E-state index contributed by atoms with van der Waals surface area (Å²) < 4.78 is 12.7. The number of hydrogen-bond donors (Lipinski definition) is 1. The first kappa shape index (κ1) is 14.1. The maximum Gasteiger partial charge on any atom is 0.134 e. The van der Waals surface area contributed by atoms with Gasteiger partial charge in [0.05, 0.1) is 18.8 Å². The van der Waals surface area contributed by atoms with E-state index in [1.165, 1.54) is 0 Å². The maximum atomic E-state index is 5.97. The Morgan fingerprint density at radius 2 is 2.30 bits per heavy atom. The van der Waals surface area contributed by atoms with Crippen molar-refractivity contribution in [3.63, 3.8) is 0 Å². The third kappa shape index (κ3) is 2.76. The summed E-state index contributed by atoms with van der Waals surface area (Å²) in [5.41, 5.74) is 6.63. The Balaban J connectivity index is 1.82. The summed E-state index contributed by atoms with van der Waals surface area (Å²) in [5.74, 6) is 0.996. The van der Waals surface area contributed by atoms with Crippen LogP contribution >= 0.6 is 15.9 Å². The van der Waals surface area contributed by atoms with E-state index in [2.05, 4.69) is 39.9 Å². The summed E-state index contributed by atoms with van der Waals surface area (Å²) in [6.45, 7) is 5.25. The van der Waals surface area contributed by atoms with E-state index in [1.54, 1.807) is 0 Å². The second-order valence-corrected chi connectivity index (χ2v) is 6.15. The third-order valence-electron chi connectivity index (χ3n) is 3.89. The minimum atomic E-state index is 0.129. The van der Waals surface area contributed by atoms with Crippen molar-refractivity contribution in [2.75, 3.05) is 26.2 Å². The van der Waals surface area contributed by atoms with Gasteiger partial charge in [-0.15, -0.1) is 0 Å². The van der Waals surface area contributed by atoms with E-state index in [-0.39, 0.29) is 12.1 Å². The summed E-state index contributed by atoms with van der Waals surface area (Å²) in [6.07, 6.45) is 0.129. The van der Waals surface area contributed by atoms with E-state index in [1.807, 2.05) is 12.1 Å². The average Bonchev–Trinajstić information content (AvgIpc) is 2.89. The fourth-order valence-electron chi connectivity index (χ4n) is 2.66. The minimum Gasteiger partial charge on any atom is -0.459 e. The molecule has 2 aromatic rings. The molecule has 4 nitrogen and oxygen atoms in total. The molecule has 1 aliphatic rings. The molecule has 5 heteroatoms. The zero-order valence-electron chi connectivity index (χ0n) is 11.5. The van der Waals surface area contributed by atoms with E-state index >= 15 is 0 Å². The first-order chi connectivity index (χ1) is 9.67. The number of hydrogen-bond acceptors (Lipinski definition) is 4. The highest BCUT2D eigenvalue weighted by atomic mass is 79.9. The van der Waals surface area contributed by atoms with Gasteiger partial charge in [0.2, 0.25) is 0 Å². The average molecular weight is 339 g/mol. The van der Waals surface area contributed by atoms with Gasteiger partial charge in [-0.05, 0) is 31.2 Å². The van der Waals surface area contributed by atoms with Crippen molar-refractivity contribution in [3.05, 3.63) is 34.5 Å². The molecule has 1 aromatic carbocycles. The van der Waals surface area contributed by atoms with Crippen molar-refractivity contribution in [3.8, 4) is 0 Å². The fourth-order valence-corrected chi connectivity index (χ4v) is 3.04. The number of halogens is 1. The van der Waals surface area contributed by atoms with Crippen LogP contribution in [-0.4, -0.2) is 37.2 Å². The molecule has 1 fully saturated rings. The van der Waals surface area contributed by atoms with Crippen molar-refractivity contribution in [1.82, 2.24) is 4.90 Å². The smallest absolute Gasteiger partial charge is 0.134 e. The van der Waals surface area contributed by atoms with Crippen LogP contribution in [0.4, 0.5) is 0 Å². The standard InChI is InChI=1S/C15H19BrN2O2/c1-10(18-4-5-19-13(8-17)9-18)15-7-11-6-12(16)2-3-14(11)20-15/h2-3,6-7,10,13H,4-5,8-9,17H2,1H3. The van der Waals surface area contributed by atoms with E-state index < -0.39 is 0 Å². The van der Waals surface area contributed by atoms with E-state index in [0.29, 0.717) is 6.54 Å². The molecule has 2 heterocycles. The first-order valence-electron chi connectivity index (χ1n) is 6.92. The molecular weight excluding hydrogens is 320 g/mol. The Hall–Kier alpha value is -0.880. The Bertz CT molecular complexity index is 599. The molecule has 1 aliphatic heterocycles. The quantitative estimate of drug-likeness (QED) is 0.934. The number of nitrogens with two attached hydrogens (primary N) is 1. The molecule has 108 valence electrons. The van der Waals surface area contributed by atoms with Gasteiger partial charge in [0.1, 0.15) is 11.3 Å². The van der Waals surface area contributed by atoms with Gasteiger partial charge < -0.3 is 14.9 Å². The molecule has 2 N–H and O–H groups in total. The Morgan fingerprint density at radius 3 is 3.10 bits per heavy atom. The topological polar surface area (TPSA) is 51.6 Å². The van der Waals surface area contributed by atoms with Crippen molar-refractivity contribution >= 4 is 26.9 Å². The Morgan fingerprint density at radius 1 is 1.45 bits per heavy atom. The van der Waals surface area contributed by atoms with Crippen LogP contribution in [0.2, 0.25) is 0 Å². The molecule has 0 spiro atoms. The van der Waals surface area contributed by atoms with Crippen LogP contribution in [0, 0.1) is 0 Å². The van der Waals surface area contributed by atoms with Gasteiger partial charge in [0.25, 0.3) is 0 Å². The van der Waals surface area contributed by atoms with Gasteiger partial charge in [-0.25, -0.2) is 0 Å². The van der Waals surface area contributed by atoms with Crippen molar-refractivity contribution in [2.24, 2.45) is 5.73 Å². The lowest BCUT2D eigenvalue weighted by atomic mass is 10.1. The molecule has 0 amide bonds. The van der Waals surface area contributed by atoms with Crippen LogP contribution in [-0.2, 0) is 4.74 Å². The summed E-state index contributed by atoms with van der Waals surface area (Å²) >= 11 is 3.49. The summed E-state index contributed by atoms with van der Waals surface area (Å²) in [6, 6.07) is 8.44. The SMILES string of the molecule is CC(c1cc2cc(Br)ccc2o1)N1CCOC(CN)C1. The van der Waals surface area contributed by atoms with Gasteiger partial charge in [-0.2, -0.15) is 0 Å². The highest BCUT2D eigenvalue weighted by Crippen LogP contribution is 2.30. The molecule has 0 aliphatic carbocycles. The number of rotatable bonds is 3. The Kier molecular flexibility index (Phi) is 4.12. The summed E-state index contributed by atoms with van der Waals surface area (Å²) in [5, 5.41) is 1.13. The molecule has 1 aromatic heterocycles. The number of nitrogens with zero attached hydrogens (tertiary/aromatic N) is 1. The lowest BCUT2D eigenvalue weighted by molar-refractivity contribution is -0.0389. The van der Waals surface area contributed by atoms with Crippen LogP contribution in [0.25, 0.3) is 11.0 Å². The predicted octanol–water partition coefficient (Wildman–Crippen LogP) is 2.92. The third-order valence-corrected chi connectivity index (χ3v) is 4.38. The van der Waals surface area contributed by atoms with Gasteiger partial charge in [-0.1, -0.05) is 15.9 Å². The molecule has 0 radical (unpaired) electrons.